The van der Waals surface area contributed by atoms with Gasteiger partial charge in [-0.1, -0.05) is 20.8 Å². The number of nitrogens with zero attached hydrogens (tertiary/aromatic N) is 1. The van der Waals surface area contributed by atoms with Crippen LogP contribution in [0.25, 0.3) is 0 Å². The first-order valence-electron chi connectivity index (χ1n) is 6.16. The highest BCUT2D eigenvalue weighted by molar-refractivity contribution is 4.58. The van der Waals surface area contributed by atoms with Crippen LogP contribution in [0, 0.1) is 5.92 Å². The predicted octanol–water partition coefficient (Wildman–Crippen LogP) is 2.48. The third kappa shape index (κ3) is 7.34. The van der Waals surface area contributed by atoms with Crippen molar-refractivity contribution in [2.45, 2.75) is 46.5 Å². The largest absolute Gasteiger partial charge is 0.330 e. The van der Waals surface area contributed by atoms with Crippen LogP contribution in [0.4, 0.5) is 0 Å². The second-order valence-electron chi connectivity index (χ2n) is 4.26. The van der Waals surface area contributed by atoms with E-state index in [1.807, 2.05) is 0 Å². The summed E-state index contributed by atoms with van der Waals surface area (Å²) in [7, 11) is 0. The molecule has 2 nitrogen and oxygen atoms in total. The van der Waals surface area contributed by atoms with E-state index < -0.39 is 0 Å². The second kappa shape index (κ2) is 9.47. The minimum atomic E-state index is 0.806. The molecule has 14 heavy (non-hydrogen) atoms. The van der Waals surface area contributed by atoms with Gasteiger partial charge in [-0.15, -0.1) is 0 Å². The lowest BCUT2D eigenvalue weighted by atomic mass is 10.0. The summed E-state index contributed by atoms with van der Waals surface area (Å²) in [5, 5.41) is 0. The van der Waals surface area contributed by atoms with Crippen LogP contribution < -0.4 is 5.73 Å². The molecule has 2 heteroatoms. The smallest absolute Gasteiger partial charge is 0.00188 e. The summed E-state index contributed by atoms with van der Waals surface area (Å²) < 4.78 is 0. The van der Waals surface area contributed by atoms with Gasteiger partial charge in [0.25, 0.3) is 0 Å². The molecule has 0 aliphatic rings. The fraction of sp³-hybridized carbons (Fsp3) is 1.00. The van der Waals surface area contributed by atoms with Crippen molar-refractivity contribution in [3.8, 4) is 0 Å². The topological polar surface area (TPSA) is 29.3 Å². The molecule has 86 valence electrons. The Hall–Kier alpha value is -0.0800. The molecule has 0 saturated carbocycles. The van der Waals surface area contributed by atoms with Gasteiger partial charge in [-0.2, -0.15) is 0 Å². The van der Waals surface area contributed by atoms with Crippen molar-refractivity contribution in [2.75, 3.05) is 26.2 Å². The lowest BCUT2D eigenvalue weighted by molar-refractivity contribution is 0.274. The zero-order valence-electron chi connectivity index (χ0n) is 10.3. The standard InChI is InChI=1S/C12H28N2/c1-4-10-14(5-2)11-6-7-12(3)8-9-13/h12H,4-11,13H2,1-3H3. The number of nitrogens with two attached hydrogens (primary N) is 1. The summed E-state index contributed by atoms with van der Waals surface area (Å²) >= 11 is 0. The Morgan fingerprint density at radius 3 is 2.36 bits per heavy atom. The van der Waals surface area contributed by atoms with Crippen LogP contribution in [-0.4, -0.2) is 31.1 Å². The van der Waals surface area contributed by atoms with Crippen molar-refractivity contribution in [3.63, 3.8) is 0 Å². The van der Waals surface area contributed by atoms with E-state index in [0.29, 0.717) is 0 Å². The fourth-order valence-corrected chi connectivity index (χ4v) is 1.84. The molecule has 1 unspecified atom stereocenters. The molecule has 0 bridgehead atoms. The molecular formula is C12H28N2. The average molecular weight is 200 g/mol. The molecule has 0 amide bonds. The Bertz CT molecular complexity index is 115. The van der Waals surface area contributed by atoms with Gasteiger partial charge in [0.2, 0.25) is 0 Å². The Morgan fingerprint density at radius 2 is 1.86 bits per heavy atom. The van der Waals surface area contributed by atoms with E-state index in [-0.39, 0.29) is 0 Å². The van der Waals surface area contributed by atoms with E-state index in [9.17, 15) is 0 Å². The normalized spacial score (nSPS) is 13.5. The zero-order chi connectivity index (χ0) is 10.8. The molecule has 0 fully saturated rings. The summed E-state index contributed by atoms with van der Waals surface area (Å²) in [6.45, 7) is 11.4. The zero-order valence-corrected chi connectivity index (χ0v) is 10.3. The number of hydrogen-bond acceptors (Lipinski definition) is 2. The first kappa shape index (κ1) is 13.9. The van der Waals surface area contributed by atoms with E-state index in [2.05, 4.69) is 25.7 Å². The van der Waals surface area contributed by atoms with Gasteiger partial charge in [0.1, 0.15) is 0 Å². The summed E-state index contributed by atoms with van der Waals surface area (Å²) in [4.78, 5) is 2.54. The monoisotopic (exact) mass is 200 g/mol. The first-order valence-corrected chi connectivity index (χ1v) is 6.16. The van der Waals surface area contributed by atoms with Crippen LogP contribution in [0.3, 0.4) is 0 Å². The minimum Gasteiger partial charge on any atom is -0.330 e. The highest BCUT2D eigenvalue weighted by Crippen LogP contribution is 2.09. The molecule has 0 aliphatic heterocycles. The lowest BCUT2D eigenvalue weighted by Crippen LogP contribution is -2.25. The van der Waals surface area contributed by atoms with Gasteiger partial charge in [-0.25, -0.2) is 0 Å². The Morgan fingerprint density at radius 1 is 1.14 bits per heavy atom. The van der Waals surface area contributed by atoms with E-state index in [1.165, 1.54) is 45.3 Å². The molecule has 0 saturated heterocycles. The van der Waals surface area contributed by atoms with E-state index in [4.69, 9.17) is 5.73 Å². The van der Waals surface area contributed by atoms with Crippen LogP contribution in [0.5, 0.6) is 0 Å². The van der Waals surface area contributed by atoms with E-state index >= 15 is 0 Å². The molecule has 0 aliphatic carbocycles. The van der Waals surface area contributed by atoms with Gasteiger partial charge in [0, 0.05) is 0 Å². The van der Waals surface area contributed by atoms with Crippen molar-refractivity contribution < 1.29 is 0 Å². The summed E-state index contributed by atoms with van der Waals surface area (Å²) in [5.74, 6) is 0.806. The molecule has 0 aromatic heterocycles. The van der Waals surface area contributed by atoms with Crippen molar-refractivity contribution in [1.82, 2.24) is 4.90 Å². The van der Waals surface area contributed by atoms with Crippen LogP contribution in [0.2, 0.25) is 0 Å². The third-order valence-electron chi connectivity index (χ3n) is 2.82. The van der Waals surface area contributed by atoms with Gasteiger partial charge in [-0.05, 0) is 57.8 Å². The molecule has 0 rings (SSSR count). The SMILES string of the molecule is CCCN(CC)CCCC(C)CCN. The minimum absolute atomic E-state index is 0.806. The summed E-state index contributed by atoms with van der Waals surface area (Å²) in [5.41, 5.74) is 5.52. The molecule has 0 radical (unpaired) electrons. The molecule has 0 heterocycles. The summed E-state index contributed by atoms with van der Waals surface area (Å²) in [6.07, 6.45) is 5.11. The van der Waals surface area contributed by atoms with Gasteiger partial charge >= 0.3 is 0 Å². The molecule has 0 spiro atoms. The highest BCUT2D eigenvalue weighted by atomic mass is 15.1. The average Bonchev–Trinajstić information content (AvgIpc) is 2.17. The number of rotatable bonds is 9. The van der Waals surface area contributed by atoms with Gasteiger partial charge < -0.3 is 10.6 Å². The molecule has 0 aromatic rings. The Labute approximate surface area is 89.9 Å². The maximum atomic E-state index is 5.52. The maximum absolute atomic E-state index is 5.52. The maximum Gasteiger partial charge on any atom is -0.00188 e. The Kier molecular flexibility index (Phi) is 9.42. The molecule has 1 atom stereocenters. The van der Waals surface area contributed by atoms with Crippen LogP contribution in [0.15, 0.2) is 0 Å². The second-order valence-corrected chi connectivity index (χ2v) is 4.26. The first-order chi connectivity index (χ1) is 6.74. The number of hydrogen-bond donors (Lipinski definition) is 1. The molecular weight excluding hydrogens is 172 g/mol. The van der Waals surface area contributed by atoms with Gasteiger partial charge in [-0.3, -0.25) is 0 Å². The van der Waals surface area contributed by atoms with Crippen molar-refractivity contribution in [3.05, 3.63) is 0 Å². The van der Waals surface area contributed by atoms with Crippen molar-refractivity contribution >= 4 is 0 Å². The van der Waals surface area contributed by atoms with E-state index in [0.717, 1.165) is 12.5 Å². The van der Waals surface area contributed by atoms with Crippen molar-refractivity contribution in [1.29, 1.82) is 0 Å². The van der Waals surface area contributed by atoms with Gasteiger partial charge in [0.15, 0.2) is 0 Å². The predicted molar refractivity (Wildman–Crippen MR) is 64.5 cm³/mol. The summed E-state index contributed by atoms with van der Waals surface area (Å²) in [6, 6.07) is 0. The molecule has 2 N–H and O–H groups in total. The van der Waals surface area contributed by atoms with Gasteiger partial charge in [0.05, 0.1) is 0 Å². The highest BCUT2D eigenvalue weighted by Gasteiger charge is 2.03. The van der Waals surface area contributed by atoms with E-state index in [1.54, 1.807) is 0 Å². The quantitative estimate of drug-likeness (QED) is 0.619. The lowest BCUT2D eigenvalue weighted by Gasteiger charge is -2.20. The molecule has 0 aromatic carbocycles. The fourth-order valence-electron chi connectivity index (χ4n) is 1.84. The van der Waals surface area contributed by atoms with Crippen LogP contribution in [0.1, 0.15) is 46.5 Å². The van der Waals surface area contributed by atoms with Crippen LogP contribution >= 0.6 is 0 Å². The third-order valence-corrected chi connectivity index (χ3v) is 2.82. The Balaban J connectivity index is 3.40. The van der Waals surface area contributed by atoms with Crippen LogP contribution in [-0.2, 0) is 0 Å². The van der Waals surface area contributed by atoms with Crippen molar-refractivity contribution in [2.24, 2.45) is 11.7 Å².